The maximum Gasteiger partial charge on any atom is 0.251 e. The Morgan fingerprint density at radius 3 is 2.96 bits per heavy atom. The number of carbonyl (C=O) groups excluding carboxylic acids is 1. The molecule has 0 fully saturated rings. The smallest absolute Gasteiger partial charge is 0.251 e. The number of aryl methyl sites for hydroxylation is 2. The van der Waals surface area contributed by atoms with E-state index in [4.69, 9.17) is 0 Å². The van der Waals surface area contributed by atoms with E-state index in [0.717, 1.165) is 39.9 Å². The van der Waals surface area contributed by atoms with Gasteiger partial charge in [0.25, 0.3) is 5.91 Å². The Morgan fingerprint density at radius 2 is 2.08 bits per heavy atom. The molecule has 0 saturated heterocycles. The van der Waals surface area contributed by atoms with Crippen LogP contribution in [-0.2, 0) is 13.5 Å². The van der Waals surface area contributed by atoms with Crippen molar-refractivity contribution in [1.29, 1.82) is 0 Å². The van der Waals surface area contributed by atoms with E-state index in [1.807, 2.05) is 26.1 Å². The lowest BCUT2D eigenvalue weighted by atomic mass is 10.1. The molecular formula is C19H19N5O. The summed E-state index contributed by atoms with van der Waals surface area (Å²) in [5, 5.41) is 2.97. The average molecular weight is 333 g/mol. The Labute approximate surface area is 144 Å². The molecule has 0 radical (unpaired) electrons. The molecule has 25 heavy (non-hydrogen) atoms. The van der Waals surface area contributed by atoms with Crippen LogP contribution in [0.15, 0.2) is 42.7 Å². The minimum Gasteiger partial charge on any atom is -0.352 e. The number of fused-ring (bicyclic) bond motifs is 2. The Bertz CT molecular complexity index is 1080. The van der Waals surface area contributed by atoms with Crippen LogP contribution in [0.2, 0.25) is 0 Å². The van der Waals surface area contributed by atoms with Crippen molar-refractivity contribution in [3.8, 4) is 0 Å². The van der Waals surface area contributed by atoms with Crippen molar-refractivity contribution in [2.24, 2.45) is 7.05 Å². The molecule has 0 bridgehead atoms. The third-order valence-electron chi connectivity index (χ3n) is 4.55. The van der Waals surface area contributed by atoms with Gasteiger partial charge < -0.3 is 14.9 Å². The number of imidazole rings is 2. The Hall–Kier alpha value is -3.15. The van der Waals surface area contributed by atoms with Crippen LogP contribution in [0, 0.1) is 6.92 Å². The lowest BCUT2D eigenvalue weighted by Gasteiger charge is -2.06. The number of H-pyrrole nitrogens is 1. The second-order valence-electron chi connectivity index (χ2n) is 6.18. The summed E-state index contributed by atoms with van der Waals surface area (Å²) in [7, 11) is 2.01. The van der Waals surface area contributed by atoms with Crippen LogP contribution in [0.3, 0.4) is 0 Å². The van der Waals surface area contributed by atoms with Gasteiger partial charge in [0.1, 0.15) is 5.82 Å². The first-order valence-corrected chi connectivity index (χ1v) is 8.25. The van der Waals surface area contributed by atoms with E-state index in [-0.39, 0.29) is 5.91 Å². The molecule has 6 heteroatoms. The van der Waals surface area contributed by atoms with E-state index < -0.39 is 0 Å². The van der Waals surface area contributed by atoms with Crippen LogP contribution in [0.5, 0.6) is 0 Å². The number of aromatic nitrogens is 4. The summed E-state index contributed by atoms with van der Waals surface area (Å²) >= 11 is 0. The van der Waals surface area contributed by atoms with Gasteiger partial charge in [-0.15, -0.1) is 0 Å². The highest BCUT2D eigenvalue weighted by atomic mass is 16.1. The van der Waals surface area contributed by atoms with Gasteiger partial charge in [0.2, 0.25) is 0 Å². The molecule has 2 aromatic carbocycles. The van der Waals surface area contributed by atoms with E-state index in [0.29, 0.717) is 12.1 Å². The van der Waals surface area contributed by atoms with Crippen molar-refractivity contribution in [1.82, 2.24) is 24.8 Å². The number of rotatable bonds is 4. The van der Waals surface area contributed by atoms with Crippen LogP contribution in [0.25, 0.3) is 22.1 Å². The second-order valence-corrected chi connectivity index (χ2v) is 6.18. The Balaban J connectivity index is 1.42. The quantitative estimate of drug-likeness (QED) is 0.603. The zero-order valence-corrected chi connectivity index (χ0v) is 14.2. The predicted molar refractivity (Wildman–Crippen MR) is 97.6 cm³/mol. The number of amides is 1. The van der Waals surface area contributed by atoms with Gasteiger partial charge in [-0.05, 0) is 49.2 Å². The highest BCUT2D eigenvalue weighted by Crippen LogP contribution is 2.16. The molecule has 0 aliphatic heterocycles. The number of nitrogens with one attached hydrogen (secondary N) is 2. The van der Waals surface area contributed by atoms with Crippen molar-refractivity contribution in [2.45, 2.75) is 13.3 Å². The molecule has 2 aromatic heterocycles. The fourth-order valence-corrected chi connectivity index (χ4v) is 3.02. The second kappa shape index (κ2) is 6.05. The van der Waals surface area contributed by atoms with Gasteiger partial charge in [0.05, 0.1) is 28.4 Å². The van der Waals surface area contributed by atoms with Gasteiger partial charge in [-0.3, -0.25) is 4.79 Å². The average Bonchev–Trinajstić information content (AvgIpc) is 3.19. The minimum absolute atomic E-state index is 0.0775. The topological polar surface area (TPSA) is 75.6 Å². The molecule has 2 heterocycles. The highest BCUT2D eigenvalue weighted by Gasteiger charge is 2.08. The van der Waals surface area contributed by atoms with Gasteiger partial charge >= 0.3 is 0 Å². The van der Waals surface area contributed by atoms with E-state index >= 15 is 0 Å². The first-order chi connectivity index (χ1) is 12.1. The van der Waals surface area contributed by atoms with E-state index in [1.165, 1.54) is 0 Å². The van der Waals surface area contributed by atoms with Crippen molar-refractivity contribution in [3.05, 3.63) is 59.7 Å². The fourth-order valence-electron chi connectivity index (χ4n) is 3.02. The summed E-state index contributed by atoms with van der Waals surface area (Å²) in [6, 6.07) is 11.7. The number of carbonyl (C=O) groups is 1. The maximum absolute atomic E-state index is 12.3. The van der Waals surface area contributed by atoms with Crippen LogP contribution >= 0.6 is 0 Å². The highest BCUT2D eigenvalue weighted by molar-refractivity contribution is 5.97. The lowest BCUT2D eigenvalue weighted by Crippen LogP contribution is -2.25. The van der Waals surface area contributed by atoms with Gasteiger partial charge in [-0.2, -0.15) is 0 Å². The largest absolute Gasteiger partial charge is 0.352 e. The molecule has 0 unspecified atom stereocenters. The molecule has 0 saturated carbocycles. The summed E-state index contributed by atoms with van der Waals surface area (Å²) in [5.41, 5.74) is 5.63. The standard InChI is InChI=1S/C19H19N5O/c1-12-23-17-9-13(3-6-18(17)24(12)2)7-8-20-19(25)14-4-5-15-16(10-14)22-11-21-15/h3-6,9-11H,7-8H2,1-2H3,(H,20,25)(H,21,22). The van der Waals surface area contributed by atoms with Gasteiger partial charge in [0.15, 0.2) is 0 Å². The number of hydrogen-bond acceptors (Lipinski definition) is 3. The van der Waals surface area contributed by atoms with Gasteiger partial charge in [-0.25, -0.2) is 9.97 Å². The van der Waals surface area contributed by atoms with Crippen LogP contribution < -0.4 is 5.32 Å². The molecular weight excluding hydrogens is 314 g/mol. The zero-order valence-electron chi connectivity index (χ0n) is 14.2. The summed E-state index contributed by atoms with van der Waals surface area (Å²) in [6.07, 6.45) is 2.39. The SMILES string of the molecule is Cc1nc2cc(CCNC(=O)c3ccc4nc[nH]c4c3)ccc2n1C. The number of nitrogens with zero attached hydrogens (tertiary/aromatic N) is 3. The fraction of sp³-hybridized carbons (Fsp3) is 0.211. The molecule has 126 valence electrons. The first kappa shape index (κ1) is 15.4. The van der Waals surface area contributed by atoms with E-state index in [9.17, 15) is 4.79 Å². The number of benzene rings is 2. The molecule has 1 amide bonds. The maximum atomic E-state index is 12.3. The molecule has 0 aliphatic rings. The summed E-state index contributed by atoms with van der Waals surface area (Å²) in [6.45, 7) is 2.58. The van der Waals surface area contributed by atoms with Crippen LogP contribution in [0.1, 0.15) is 21.7 Å². The summed E-state index contributed by atoms with van der Waals surface area (Å²) < 4.78 is 2.08. The summed E-state index contributed by atoms with van der Waals surface area (Å²) in [4.78, 5) is 24.0. The van der Waals surface area contributed by atoms with Crippen LogP contribution in [-0.4, -0.2) is 32.0 Å². The monoisotopic (exact) mass is 333 g/mol. The molecule has 0 atom stereocenters. The summed E-state index contributed by atoms with van der Waals surface area (Å²) in [5.74, 6) is 0.918. The minimum atomic E-state index is -0.0775. The zero-order chi connectivity index (χ0) is 17.4. The lowest BCUT2D eigenvalue weighted by molar-refractivity contribution is 0.0954. The Morgan fingerprint density at radius 1 is 1.20 bits per heavy atom. The molecule has 2 N–H and O–H groups in total. The molecule has 0 aliphatic carbocycles. The van der Waals surface area contributed by atoms with Crippen molar-refractivity contribution < 1.29 is 4.79 Å². The van der Waals surface area contributed by atoms with Crippen molar-refractivity contribution in [2.75, 3.05) is 6.54 Å². The molecule has 0 spiro atoms. The third-order valence-corrected chi connectivity index (χ3v) is 4.55. The number of aromatic amines is 1. The molecule has 4 rings (SSSR count). The molecule has 6 nitrogen and oxygen atoms in total. The van der Waals surface area contributed by atoms with Gasteiger partial charge in [0, 0.05) is 19.2 Å². The normalized spacial score (nSPS) is 11.3. The first-order valence-electron chi connectivity index (χ1n) is 8.25. The van der Waals surface area contributed by atoms with Gasteiger partial charge in [-0.1, -0.05) is 6.07 Å². The van der Waals surface area contributed by atoms with E-state index in [2.05, 4.69) is 43.0 Å². The van der Waals surface area contributed by atoms with E-state index in [1.54, 1.807) is 12.4 Å². The van der Waals surface area contributed by atoms with Crippen molar-refractivity contribution in [3.63, 3.8) is 0 Å². The third kappa shape index (κ3) is 2.87. The number of hydrogen-bond donors (Lipinski definition) is 2. The molecule has 4 aromatic rings. The van der Waals surface area contributed by atoms with Crippen molar-refractivity contribution >= 4 is 28.0 Å². The predicted octanol–water partition coefficient (Wildman–Crippen LogP) is 2.73. The Kier molecular flexibility index (Phi) is 3.72. The van der Waals surface area contributed by atoms with Crippen LogP contribution in [0.4, 0.5) is 0 Å².